The van der Waals surface area contributed by atoms with E-state index in [1.165, 1.54) is 5.56 Å². The number of imidazole rings is 1. The van der Waals surface area contributed by atoms with Crippen molar-refractivity contribution in [3.63, 3.8) is 0 Å². The Hall–Kier alpha value is -4.63. The van der Waals surface area contributed by atoms with Crippen molar-refractivity contribution >= 4 is 5.91 Å². The number of aliphatic hydroxyl groups excluding tert-OH is 1. The number of pyridine rings is 2. The van der Waals surface area contributed by atoms with Gasteiger partial charge in [-0.1, -0.05) is 36.4 Å². The summed E-state index contributed by atoms with van der Waals surface area (Å²) in [5, 5.41) is 14.5. The smallest absolute Gasteiger partial charge is 0.226 e. The Bertz CT molecular complexity index is 1680. The molecule has 9 nitrogen and oxygen atoms in total. The normalized spacial score (nSPS) is 18.0. The fourth-order valence-corrected chi connectivity index (χ4v) is 5.54. The van der Waals surface area contributed by atoms with Crippen molar-refractivity contribution in [2.45, 2.75) is 45.5 Å². The van der Waals surface area contributed by atoms with E-state index >= 15 is 0 Å². The molecule has 2 N–H and O–H groups in total. The Balaban J connectivity index is 1.19. The van der Waals surface area contributed by atoms with Gasteiger partial charge in [-0.2, -0.15) is 5.10 Å². The Morgan fingerprint density at radius 3 is 2.65 bits per heavy atom. The SMILES string of the molecule is Cc1cccc(-c2nn(Cc3ccccc3)cc2-c2ccnc(-c3nc4c([nH]3)CN(C(=O)C3CC(O)C3)C4)c2)n1. The van der Waals surface area contributed by atoms with Gasteiger partial charge in [0.1, 0.15) is 11.4 Å². The number of aliphatic hydroxyl groups is 1. The average Bonchev–Trinajstić information content (AvgIpc) is 3.65. The highest BCUT2D eigenvalue weighted by atomic mass is 16.3. The zero-order valence-corrected chi connectivity index (χ0v) is 22.2. The molecule has 40 heavy (non-hydrogen) atoms. The van der Waals surface area contributed by atoms with Gasteiger partial charge in [0.15, 0.2) is 5.82 Å². The van der Waals surface area contributed by atoms with Crippen molar-refractivity contribution in [2.24, 2.45) is 5.92 Å². The number of carbonyl (C=O) groups excluding carboxylic acids is 1. The van der Waals surface area contributed by atoms with Crippen molar-refractivity contribution in [1.29, 1.82) is 0 Å². The molecule has 5 heterocycles. The third-order valence-electron chi connectivity index (χ3n) is 7.72. The Kier molecular flexibility index (Phi) is 6.00. The summed E-state index contributed by atoms with van der Waals surface area (Å²) in [7, 11) is 0. The molecule has 1 fully saturated rings. The fourth-order valence-electron chi connectivity index (χ4n) is 5.54. The second-order valence-corrected chi connectivity index (χ2v) is 10.7. The highest BCUT2D eigenvalue weighted by molar-refractivity contribution is 5.81. The predicted octanol–water partition coefficient (Wildman–Crippen LogP) is 4.37. The van der Waals surface area contributed by atoms with E-state index in [9.17, 15) is 9.90 Å². The van der Waals surface area contributed by atoms with Crippen LogP contribution >= 0.6 is 0 Å². The van der Waals surface area contributed by atoms with E-state index in [0.29, 0.717) is 38.3 Å². The van der Waals surface area contributed by atoms with Gasteiger partial charge >= 0.3 is 0 Å². The minimum absolute atomic E-state index is 0.0725. The van der Waals surface area contributed by atoms with E-state index < -0.39 is 0 Å². The van der Waals surface area contributed by atoms with Crippen LogP contribution in [0.1, 0.15) is 35.5 Å². The molecule has 1 aliphatic heterocycles. The van der Waals surface area contributed by atoms with Gasteiger partial charge in [0.05, 0.1) is 42.8 Å². The van der Waals surface area contributed by atoms with Crippen LogP contribution in [0.3, 0.4) is 0 Å². The second kappa shape index (κ2) is 9.84. The number of aryl methyl sites for hydroxylation is 1. The molecular formula is C31H29N7O2. The molecule has 1 aromatic carbocycles. The zero-order valence-electron chi connectivity index (χ0n) is 22.2. The summed E-state index contributed by atoms with van der Waals surface area (Å²) in [5.74, 6) is 0.713. The molecule has 0 unspecified atom stereocenters. The summed E-state index contributed by atoms with van der Waals surface area (Å²) in [6.45, 7) is 3.61. The molecule has 1 aliphatic carbocycles. The first-order valence-electron chi connectivity index (χ1n) is 13.6. The average molecular weight is 532 g/mol. The van der Waals surface area contributed by atoms with Crippen LogP contribution < -0.4 is 0 Å². The van der Waals surface area contributed by atoms with Crippen LogP contribution in [0.15, 0.2) is 73.1 Å². The number of hydrogen-bond donors (Lipinski definition) is 2. The first-order valence-corrected chi connectivity index (χ1v) is 13.6. The van der Waals surface area contributed by atoms with Crippen LogP contribution in [0, 0.1) is 12.8 Å². The Labute approximate surface area is 231 Å². The van der Waals surface area contributed by atoms with Gasteiger partial charge in [-0.25, -0.2) is 4.98 Å². The number of nitrogens with zero attached hydrogens (tertiary/aromatic N) is 6. The topological polar surface area (TPSA) is 113 Å². The number of rotatable bonds is 6. The quantitative estimate of drug-likeness (QED) is 0.337. The molecule has 1 saturated carbocycles. The van der Waals surface area contributed by atoms with Gasteiger partial charge in [0, 0.05) is 29.6 Å². The maximum atomic E-state index is 12.7. The molecular weight excluding hydrogens is 502 g/mol. The third-order valence-corrected chi connectivity index (χ3v) is 7.72. The first-order chi connectivity index (χ1) is 19.5. The summed E-state index contributed by atoms with van der Waals surface area (Å²) in [6.07, 6.45) is 4.62. The summed E-state index contributed by atoms with van der Waals surface area (Å²) < 4.78 is 1.96. The van der Waals surface area contributed by atoms with Gasteiger partial charge in [-0.05, 0) is 55.2 Å². The highest BCUT2D eigenvalue weighted by Gasteiger charge is 2.38. The van der Waals surface area contributed by atoms with Gasteiger partial charge < -0.3 is 15.0 Å². The lowest BCUT2D eigenvalue weighted by Gasteiger charge is -2.33. The maximum Gasteiger partial charge on any atom is 0.226 e. The molecule has 7 rings (SSSR count). The molecule has 0 atom stereocenters. The summed E-state index contributed by atoms with van der Waals surface area (Å²) in [4.78, 5) is 32.1. The Morgan fingerprint density at radius 2 is 1.88 bits per heavy atom. The van der Waals surface area contributed by atoms with Crippen LogP contribution in [-0.2, 0) is 24.4 Å². The standard InChI is InChI=1S/C31H29N7O2/c1-19-6-5-9-25(33-19)29-24(16-38(36-29)15-20-7-3-2-4-8-20)21-10-11-32-26(14-21)30-34-27-17-37(18-28(27)35-30)31(40)22-12-23(39)13-22/h2-11,14,16,22-23,39H,12-13,15,17-18H2,1H3,(H,34,35). The van der Waals surface area contributed by atoms with Crippen molar-refractivity contribution < 1.29 is 9.90 Å². The van der Waals surface area contributed by atoms with E-state index in [1.807, 2.05) is 65.0 Å². The number of H-pyrrole nitrogens is 1. The second-order valence-electron chi connectivity index (χ2n) is 10.7. The number of hydrogen-bond acceptors (Lipinski definition) is 6. The summed E-state index contributed by atoms with van der Waals surface area (Å²) >= 11 is 0. The van der Waals surface area contributed by atoms with Crippen LogP contribution in [0.2, 0.25) is 0 Å². The van der Waals surface area contributed by atoms with E-state index in [4.69, 9.17) is 15.1 Å². The summed E-state index contributed by atoms with van der Waals surface area (Å²) in [6, 6.07) is 20.2. The molecule has 0 spiro atoms. The van der Waals surface area contributed by atoms with E-state index in [-0.39, 0.29) is 17.9 Å². The van der Waals surface area contributed by atoms with Crippen molar-refractivity contribution in [3.8, 4) is 34.0 Å². The predicted molar refractivity (Wildman–Crippen MR) is 150 cm³/mol. The van der Waals surface area contributed by atoms with Crippen LogP contribution in [0.25, 0.3) is 34.0 Å². The van der Waals surface area contributed by atoms with Crippen molar-refractivity contribution in [1.82, 2.24) is 34.6 Å². The maximum absolute atomic E-state index is 12.7. The lowest BCUT2D eigenvalue weighted by molar-refractivity contribution is -0.143. The molecule has 9 heteroatoms. The number of aromatic amines is 1. The van der Waals surface area contributed by atoms with E-state index in [2.05, 4.69) is 28.3 Å². The number of aromatic nitrogens is 6. The van der Waals surface area contributed by atoms with Crippen LogP contribution in [0.4, 0.5) is 0 Å². The molecule has 0 bridgehead atoms. The number of amides is 1. The molecule has 2 aliphatic rings. The lowest BCUT2D eigenvalue weighted by atomic mass is 9.81. The number of fused-ring (bicyclic) bond motifs is 1. The van der Waals surface area contributed by atoms with Gasteiger partial charge in [0.25, 0.3) is 0 Å². The first kappa shape index (κ1) is 24.4. The minimum atomic E-state index is -0.342. The molecule has 1 amide bonds. The van der Waals surface area contributed by atoms with Crippen LogP contribution in [0.5, 0.6) is 0 Å². The molecule has 0 saturated heterocycles. The number of nitrogens with one attached hydrogen (secondary N) is 1. The lowest BCUT2D eigenvalue weighted by Crippen LogP contribution is -2.41. The molecule has 200 valence electrons. The summed E-state index contributed by atoms with van der Waals surface area (Å²) in [5.41, 5.74) is 8.22. The van der Waals surface area contributed by atoms with Gasteiger partial charge in [-0.15, -0.1) is 0 Å². The zero-order chi connectivity index (χ0) is 27.2. The molecule has 5 aromatic rings. The molecule has 0 radical (unpaired) electrons. The van der Waals surface area contributed by atoms with Crippen molar-refractivity contribution in [2.75, 3.05) is 0 Å². The van der Waals surface area contributed by atoms with Gasteiger partial charge in [-0.3, -0.25) is 19.4 Å². The Morgan fingerprint density at radius 1 is 1.02 bits per heavy atom. The molecule has 4 aromatic heterocycles. The monoisotopic (exact) mass is 531 g/mol. The number of carbonyl (C=O) groups is 1. The van der Waals surface area contributed by atoms with E-state index in [0.717, 1.165) is 45.3 Å². The van der Waals surface area contributed by atoms with Crippen molar-refractivity contribution in [3.05, 3.63) is 95.7 Å². The largest absolute Gasteiger partial charge is 0.393 e. The number of benzene rings is 1. The van der Waals surface area contributed by atoms with Crippen LogP contribution in [-0.4, -0.2) is 51.7 Å². The third kappa shape index (κ3) is 4.58. The minimum Gasteiger partial charge on any atom is -0.393 e. The fraction of sp³-hybridized carbons (Fsp3) is 0.258. The van der Waals surface area contributed by atoms with E-state index in [1.54, 1.807) is 6.20 Å². The van der Waals surface area contributed by atoms with Gasteiger partial charge in [0.2, 0.25) is 5.91 Å². The highest BCUT2D eigenvalue weighted by Crippen LogP contribution is 2.34.